The summed E-state index contributed by atoms with van der Waals surface area (Å²) in [5, 5.41) is 12.7. The number of nitrogens with one attached hydrogen (secondary N) is 1. The minimum absolute atomic E-state index is 0.0677. The Morgan fingerprint density at radius 3 is 2.08 bits per heavy atom. The zero-order valence-electron chi connectivity index (χ0n) is 14.8. The van der Waals surface area contributed by atoms with Crippen LogP contribution in [0.4, 0.5) is 4.79 Å². The minimum atomic E-state index is -3.39. The Morgan fingerprint density at radius 2 is 1.68 bits per heavy atom. The number of carbonyl (C=O) groups excluding carboxylic acids is 2. The van der Waals surface area contributed by atoms with Gasteiger partial charge in [0, 0.05) is 6.26 Å². The molecule has 0 saturated heterocycles. The van der Waals surface area contributed by atoms with E-state index in [4.69, 9.17) is 4.74 Å². The highest BCUT2D eigenvalue weighted by atomic mass is 32.2. The standard InChI is InChI=1S/C16H23NO7S/c1-16(2,3)24-15(20)17-12(14(19)23-4)13(18)10-6-8-11(9-7-10)25(5,21)22/h6-9,12-13,18H,1-5H3,(H,17,20). The van der Waals surface area contributed by atoms with Gasteiger partial charge in [0.1, 0.15) is 11.7 Å². The second-order valence-corrected chi connectivity index (χ2v) is 8.45. The Labute approximate surface area is 147 Å². The van der Waals surface area contributed by atoms with Crippen LogP contribution < -0.4 is 5.32 Å². The molecular formula is C16H23NO7S. The maximum absolute atomic E-state index is 11.9. The minimum Gasteiger partial charge on any atom is -0.467 e. The highest BCUT2D eigenvalue weighted by Gasteiger charge is 2.32. The number of rotatable bonds is 5. The van der Waals surface area contributed by atoms with Gasteiger partial charge < -0.3 is 19.9 Å². The summed E-state index contributed by atoms with van der Waals surface area (Å²) >= 11 is 0. The zero-order chi connectivity index (χ0) is 19.4. The molecule has 0 heterocycles. The Bertz CT molecular complexity index is 720. The first kappa shape index (κ1) is 20.9. The molecule has 1 amide bonds. The maximum atomic E-state index is 11.9. The van der Waals surface area contributed by atoms with Gasteiger partial charge in [-0.1, -0.05) is 12.1 Å². The third-order valence-corrected chi connectivity index (χ3v) is 4.22. The van der Waals surface area contributed by atoms with Crippen molar-refractivity contribution < 1.29 is 32.6 Å². The van der Waals surface area contributed by atoms with Gasteiger partial charge in [-0.3, -0.25) is 0 Å². The number of hydrogen-bond donors (Lipinski definition) is 2. The molecule has 0 aromatic heterocycles. The Morgan fingerprint density at radius 1 is 1.16 bits per heavy atom. The van der Waals surface area contributed by atoms with Crippen LogP contribution in [-0.4, -0.2) is 50.6 Å². The number of amides is 1. The summed E-state index contributed by atoms with van der Waals surface area (Å²) in [7, 11) is -2.27. The van der Waals surface area contributed by atoms with Gasteiger partial charge in [0.2, 0.25) is 0 Å². The van der Waals surface area contributed by atoms with Crippen molar-refractivity contribution in [2.24, 2.45) is 0 Å². The number of ether oxygens (including phenoxy) is 2. The van der Waals surface area contributed by atoms with Crippen molar-refractivity contribution in [3.05, 3.63) is 29.8 Å². The molecule has 1 aromatic carbocycles. The van der Waals surface area contributed by atoms with Crippen molar-refractivity contribution in [3.8, 4) is 0 Å². The van der Waals surface area contributed by atoms with E-state index in [-0.39, 0.29) is 10.5 Å². The molecule has 0 bridgehead atoms. The van der Waals surface area contributed by atoms with Gasteiger partial charge in [-0.25, -0.2) is 18.0 Å². The van der Waals surface area contributed by atoms with Gasteiger partial charge in [0.25, 0.3) is 0 Å². The van der Waals surface area contributed by atoms with Crippen molar-refractivity contribution >= 4 is 21.9 Å². The van der Waals surface area contributed by atoms with E-state index in [0.717, 1.165) is 13.4 Å². The predicted molar refractivity (Wildman–Crippen MR) is 89.7 cm³/mol. The van der Waals surface area contributed by atoms with Crippen molar-refractivity contribution in [2.45, 2.75) is 43.4 Å². The highest BCUT2D eigenvalue weighted by Crippen LogP contribution is 2.21. The van der Waals surface area contributed by atoms with E-state index in [0.29, 0.717) is 0 Å². The summed E-state index contributed by atoms with van der Waals surface area (Å²) in [6.07, 6.45) is -1.29. The molecule has 8 nitrogen and oxygen atoms in total. The molecule has 2 atom stereocenters. The summed E-state index contributed by atoms with van der Waals surface area (Å²) in [5.41, 5.74) is -0.550. The van der Waals surface area contributed by atoms with Gasteiger partial charge in [0.15, 0.2) is 15.9 Å². The van der Waals surface area contributed by atoms with Crippen LogP contribution in [-0.2, 0) is 24.1 Å². The van der Waals surface area contributed by atoms with E-state index in [1.807, 2.05) is 0 Å². The molecule has 0 aliphatic rings. The fourth-order valence-electron chi connectivity index (χ4n) is 1.93. The van der Waals surface area contributed by atoms with Crippen LogP contribution in [0.2, 0.25) is 0 Å². The number of esters is 1. The molecule has 0 aliphatic heterocycles. The molecule has 25 heavy (non-hydrogen) atoms. The lowest BCUT2D eigenvalue weighted by atomic mass is 10.0. The lowest BCUT2D eigenvalue weighted by Crippen LogP contribution is -2.47. The largest absolute Gasteiger partial charge is 0.467 e. The molecular weight excluding hydrogens is 350 g/mol. The van der Waals surface area contributed by atoms with Crippen LogP contribution in [0.15, 0.2) is 29.2 Å². The van der Waals surface area contributed by atoms with Crippen LogP contribution in [0, 0.1) is 0 Å². The van der Waals surface area contributed by atoms with Crippen molar-refractivity contribution in [2.75, 3.05) is 13.4 Å². The van der Waals surface area contributed by atoms with Gasteiger partial charge in [-0.15, -0.1) is 0 Å². The molecule has 1 rings (SSSR count). The first-order valence-corrected chi connectivity index (χ1v) is 9.29. The molecule has 0 fully saturated rings. The number of aliphatic hydroxyl groups is 1. The Balaban J connectivity index is 3.02. The second kappa shape index (κ2) is 7.83. The number of hydrogen-bond acceptors (Lipinski definition) is 7. The van der Waals surface area contributed by atoms with Gasteiger partial charge in [-0.05, 0) is 38.5 Å². The summed E-state index contributed by atoms with van der Waals surface area (Å²) in [5.74, 6) is -0.870. The SMILES string of the molecule is COC(=O)C(NC(=O)OC(C)(C)C)C(O)c1ccc(S(C)(=O)=O)cc1. The Kier molecular flexibility index (Phi) is 6.55. The third-order valence-electron chi connectivity index (χ3n) is 3.09. The third kappa shape index (κ3) is 6.35. The first-order chi connectivity index (χ1) is 11.3. The lowest BCUT2D eigenvalue weighted by molar-refractivity contribution is -0.146. The quantitative estimate of drug-likeness (QED) is 0.744. The average Bonchev–Trinajstić information content (AvgIpc) is 2.48. The van der Waals surface area contributed by atoms with Crippen LogP contribution in [0.5, 0.6) is 0 Å². The van der Waals surface area contributed by atoms with Crippen molar-refractivity contribution in [1.29, 1.82) is 0 Å². The van der Waals surface area contributed by atoms with Crippen LogP contribution >= 0.6 is 0 Å². The zero-order valence-corrected chi connectivity index (χ0v) is 15.6. The van der Waals surface area contributed by atoms with E-state index < -0.39 is 39.6 Å². The molecule has 0 spiro atoms. The lowest BCUT2D eigenvalue weighted by Gasteiger charge is -2.25. The fraction of sp³-hybridized carbons (Fsp3) is 0.500. The molecule has 0 radical (unpaired) electrons. The van der Waals surface area contributed by atoms with Gasteiger partial charge in [-0.2, -0.15) is 0 Å². The van der Waals surface area contributed by atoms with Gasteiger partial charge in [0.05, 0.1) is 12.0 Å². The van der Waals surface area contributed by atoms with E-state index in [2.05, 4.69) is 10.1 Å². The molecule has 2 N–H and O–H groups in total. The smallest absolute Gasteiger partial charge is 0.408 e. The number of sulfone groups is 1. The van der Waals surface area contributed by atoms with E-state index in [1.54, 1.807) is 20.8 Å². The van der Waals surface area contributed by atoms with Gasteiger partial charge >= 0.3 is 12.1 Å². The van der Waals surface area contributed by atoms with Crippen LogP contribution in [0.25, 0.3) is 0 Å². The summed E-state index contributed by atoms with van der Waals surface area (Å²) in [6, 6.07) is 3.90. The molecule has 2 unspecified atom stereocenters. The summed E-state index contributed by atoms with van der Waals surface area (Å²) in [6.45, 7) is 4.96. The van der Waals surface area contributed by atoms with Crippen molar-refractivity contribution in [3.63, 3.8) is 0 Å². The fourth-order valence-corrected chi connectivity index (χ4v) is 2.56. The number of benzene rings is 1. The number of carbonyl (C=O) groups is 2. The molecule has 1 aromatic rings. The topological polar surface area (TPSA) is 119 Å². The average molecular weight is 373 g/mol. The van der Waals surface area contributed by atoms with Crippen LogP contribution in [0.3, 0.4) is 0 Å². The van der Waals surface area contributed by atoms with Crippen LogP contribution in [0.1, 0.15) is 32.4 Å². The highest BCUT2D eigenvalue weighted by molar-refractivity contribution is 7.90. The summed E-state index contributed by atoms with van der Waals surface area (Å²) in [4.78, 5) is 23.9. The number of methoxy groups -OCH3 is 1. The number of aliphatic hydroxyl groups excluding tert-OH is 1. The van der Waals surface area contributed by atoms with E-state index >= 15 is 0 Å². The normalized spacial score (nSPS) is 14.3. The first-order valence-electron chi connectivity index (χ1n) is 7.40. The molecule has 140 valence electrons. The predicted octanol–water partition coefficient (Wildman–Crippen LogP) is 1.19. The monoisotopic (exact) mass is 373 g/mol. The molecule has 0 saturated carbocycles. The Hall–Kier alpha value is -2.13. The molecule has 0 aliphatic carbocycles. The molecule has 9 heteroatoms. The van der Waals surface area contributed by atoms with Crippen molar-refractivity contribution in [1.82, 2.24) is 5.32 Å². The maximum Gasteiger partial charge on any atom is 0.408 e. The van der Waals surface area contributed by atoms with E-state index in [1.165, 1.54) is 24.3 Å². The summed E-state index contributed by atoms with van der Waals surface area (Å²) < 4.78 is 32.6. The number of alkyl carbamates (subject to hydrolysis) is 1. The second-order valence-electron chi connectivity index (χ2n) is 6.43. The van der Waals surface area contributed by atoms with E-state index in [9.17, 15) is 23.1 Å².